The van der Waals surface area contributed by atoms with E-state index >= 15 is 0 Å². The van der Waals surface area contributed by atoms with Crippen molar-refractivity contribution in [2.24, 2.45) is 0 Å². The fourth-order valence-corrected chi connectivity index (χ4v) is 6.08. The number of hydrogen-bond donors (Lipinski definition) is 2. The zero-order valence-electron chi connectivity index (χ0n) is 21.6. The number of methoxy groups -OCH3 is 1. The maximum atomic E-state index is 13.7. The lowest BCUT2D eigenvalue weighted by atomic mass is 9.95. The number of carbonyl (C=O) groups is 2. The predicted octanol–water partition coefficient (Wildman–Crippen LogP) is 4.90. The van der Waals surface area contributed by atoms with Crippen LogP contribution in [-0.4, -0.2) is 39.9 Å². The van der Waals surface area contributed by atoms with Crippen LogP contribution in [0.4, 0.5) is 11.4 Å². The Bertz CT molecular complexity index is 1390. The summed E-state index contributed by atoms with van der Waals surface area (Å²) >= 11 is 0. The third-order valence-electron chi connectivity index (χ3n) is 6.61. The molecule has 0 atom stereocenters. The molecule has 0 saturated heterocycles. The second-order valence-electron chi connectivity index (χ2n) is 9.40. The molecule has 1 saturated carbocycles. The fourth-order valence-electron chi connectivity index (χ4n) is 4.63. The van der Waals surface area contributed by atoms with Crippen molar-refractivity contribution < 1.29 is 22.7 Å². The predicted molar refractivity (Wildman–Crippen MR) is 148 cm³/mol. The standard InChI is InChI=1S/C29H33N3O5S/c1-21-17-18-27(37-2)26(19-21)32(38(35,36)23-13-7-4-8-14-23)20-28(33)31-25-16-10-9-15-24(25)29(34)30-22-11-5-3-6-12-22/h4,7-10,13-19,22H,3,5-6,11-12,20H2,1-2H3,(H,30,34)(H,31,33). The first kappa shape index (κ1) is 27.2. The van der Waals surface area contributed by atoms with Crippen molar-refractivity contribution in [3.63, 3.8) is 0 Å². The van der Waals surface area contributed by atoms with Gasteiger partial charge in [-0.1, -0.05) is 55.7 Å². The fraction of sp³-hybridized carbons (Fsp3) is 0.310. The number of aryl methyl sites for hydroxylation is 1. The highest BCUT2D eigenvalue weighted by Gasteiger charge is 2.30. The average molecular weight is 536 g/mol. The normalized spacial score (nSPS) is 13.9. The molecule has 1 fully saturated rings. The minimum Gasteiger partial charge on any atom is -0.495 e. The second-order valence-corrected chi connectivity index (χ2v) is 11.3. The number of sulfonamides is 1. The summed E-state index contributed by atoms with van der Waals surface area (Å²) in [5.74, 6) is -0.539. The van der Waals surface area contributed by atoms with E-state index in [1.807, 2.05) is 6.92 Å². The van der Waals surface area contributed by atoms with E-state index in [2.05, 4.69) is 10.6 Å². The van der Waals surface area contributed by atoms with Crippen molar-refractivity contribution in [2.75, 3.05) is 23.3 Å². The largest absolute Gasteiger partial charge is 0.495 e. The highest BCUT2D eigenvalue weighted by molar-refractivity contribution is 7.92. The molecule has 0 radical (unpaired) electrons. The molecule has 8 nitrogen and oxygen atoms in total. The molecule has 200 valence electrons. The molecule has 4 rings (SSSR count). The summed E-state index contributed by atoms with van der Waals surface area (Å²) in [6.07, 6.45) is 5.21. The van der Waals surface area contributed by atoms with Gasteiger partial charge in [0.05, 0.1) is 28.9 Å². The van der Waals surface area contributed by atoms with Crippen molar-refractivity contribution in [1.82, 2.24) is 5.32 Å². The molecule has 3 aromatic rings. The van der Waals surface area contributed by atoms with Crippen molar-refractivity contribution in [2.45, 2.75) is 50.0 Å². The summed E-state index contributed by atoms with van der Waals surface area (Å²) in [4.78, 5) is 26.4. The van der Waals surface area contributed by atoms with Gasteiger partial charge < -0.3 is 15.4 Å². The van der Waals surface area contributed by atoms with Gasteiger partial charge in [-0.15, -0.1) is 0 Å². The van der Waals surface area contributed by atoms with E-state index < -0.39 is 22.5 Å². The van der Waals surface area contributed by atoms with Gasteiger partial charge in [0.15, 0.2) is 0 Å². The first-order chi connectivity index (χ1) is 18.3. The quantitative estimate of drug-likeness (QED) is 0.406. The van der Waals surface area contributed by atoms with E-state index in [4.69, 9.17) is 4.74 Å². The Morgan fingerprint density at radius 2 is 1.63 bits per heavy atom. The van der Waals surface area contributed by atoms with Crippen LogP contribution in [0.3, 0.4) is 0 Å². The molecule has 0 bridgehead atoms. The average Bonchev–Trinajstić information content (AvgIpc) is 2.93. The number of para-hydroxylation sites is 1. The number of nitrogens with one attached hydrogen (secondary N) is 2. The van der Waals surface area contributed by atoms with Crippen LogP contribution < -0.4 is 19.7 Å². The third-order valence-corrected chi connectivity index (χ3v) is 8.38. The molecule has 0 aromatic heterocycles. The number of hydrogen-bond acceptors (Lipinski definition) is 5. The Morgan fingerprint density at radius 1 is 0.947 bits per heavy atom. The highest BCUT2D eigenvalue weighted by Crippen LogP contribution is 2.33. The van der Waals surface area contributed by atoms with Crippen LogP contribution in [0, 0.1) is 6.92 Å². The van der Waals surface area contributed by atoms with Gasteiger partial charge in [0.2, 0.25) is 5.91 Å². The van der Waals surface area contributed by atoms with Crippen LogP contribution >= 0.6 is 0 Å². The molecule has 0 aliphatic heterocycles. The number of nitrogens with zero attached hydrogens (tertiary/aromatic N) is 1. The summed E-state index contributed by atoms with van der Waals surface area (Å²) in [6, 6.07) is 19.9. The Labute approximate surface area is 224 Å². The van der Waals surface area contributed by atoms with E-state index in [0.717, 1.165) is 35.6 Å². The van der Waals surface area contributed by atoms with E-state index in [0.29, 0.717) is 17.0 Å². The molecule has 2 amide bonds. The van der Waals surface area contributed by atoms with Crippen molar-refractivity contribution in [3.8, 4) is 5.75 Å². The number of rotatable bonds is 9. The smallest absolute Gasteiger partial charge is 0.264 e. The second kappa shape index (κ2) is 12.1. The lowest BCUT2D eigenvalue weighted by molar-refractivity contribution is -0.114. The Kier molecular flexibility index (Phi) is 8.68. The number of carbonyl (C=O) groups excluding carboxylic acids is 2. The summed E-state index contributed by atoms with van der Waals surface area (Å²) in [6.45, 7) is 1.31. The SMILES string of the molecule is COc1ccc(C)cc1N(CC(=O)Nc1ccccc1C(=O)NC1CCCCC1)S(=O)(=O)c1ccccc1. The topological polar surface area (TPSA) is 105 Å². The van der Waals surface area contributed by atoms with Crippen molar-refractivity contribution >= 4 is 33.2 Å². The van der Waals surface area contributed by atoms with Gasteiger partial charge in [-0.3, -0.25) is 13.9 Å². The summed E-state index contributed by atoms with van der Waals surface area (Å²) < 4.78 is 33.9. The van der Waals surface area contributed by atoms with E-state index in [-0.39, 0.29) is 22.5 Å². The minimum absolute atomic E-state index is 0.0450. The van der Waals surface area contributed by atoms with Crippen molar-refractivity contribution in [3.05, 3.63) is 83.9 Å². The molecule has 0 heterocycles. The Hall–Kier alpha value is -3.85. The van der Waals surface area contributed by atoms with Gasteiger partial charge in [0.1, 0.15) is 12.3 Å². The molecule has 9 heteroatoms. The first-order valence-electron chi connectivity index (χ1n) is 12.7. The number of amides is 2. The molecule has 0 spiro atoms. The van der Waals surface area contributed by atoms with Crippen LogP contribution in [-0.2, 0) is 14.8 Å². The van der Waals surface area contributed by atoms with Crippen LogP contribution in [0.15, 0.2) is 77.7 Å². The van der Waals surface area contributed by atoms with Crippen LogP contribution in [0.5, 0.6) is 5.75 Å². The van der Waals surface area contributed by atoms with Gasteiger partial charge in [-0.25, -0.2) is 8.42 Å². The zero-order chi connectivity index (χ0) is 27.1. The molecular formula is C29H33N3O5S. The summed E-state index contributed by atoms with van der Waals surface area (Å²) in [5.41, 5.74) is 1.70. The summed E-state index contributed by atoms with van der Waals surface area (Å²) in [7, 11) is -2.68. The lowest BCUT2D eigenvalue weighted by Crippen LogP contribution is -2.39. The van der Waals surface area contributed by atoms with Gasteiger partial charge in [0, 0.05) is 6.04 Å². The summed E-state index contributed by atoms with van der Waals surface area (Å²) in [5, 5.41) is 5.83. The zero-order valence-corrected chi connectivity index (χ0v) is 22.5. The number of ether oxygens (including phenoxy) is 1. The van der Waals surface area contributed by atoms with E-state index in [1.54, 1.807) is 60.7 Å². The van der Waals surface area contributed by atoms with Gasteiger partial charge in [0.25, 0.3) is 15.9 Å². The van der Waals surface area contributed by atoms with E-state index in [1.165, 1.54) is 25.7 Å². The van der Waals surface area contributed by atoms with Gasteiger partial charge in [-0.05, 0) is 61.7 Å². The minimum atomic E-state index is -4.12. The monoisotopic (exact) mass is 535 g/mol. The Morgan fingerprint density at radius 3 is 2.34 bits per heavy atom. The molecule has 3 aromatic carbocycles. The maximum absolute atomic E-state index is 13.7. The molecule has 1 aliphatic rings. The van der Waals surface area contributed by atoms with Crippen LogP contribution in [0.1, 0.15) is 48.0 Å². The molecule has 38 heavy (non-hydrogen) atoms. The van der Waals surface area contributed by atoms with Crippen LogP contribution in [0.2, 0.25) is 0 Å². The highest BCUT2D eigenvalue weighted by atomic mass is 32.2. The third kappa shape index (κ3) is 6.34. The molecular weight excluding hydrogens is 502 g/mol. The van der Waals surface area contributed by atoms with Gasteiger partial charge >= 0.3 is 0 Å². The molecule has 0 unspecified atom stereocenters. The van der Waals surface area contributed by atoms with E-state index in [9.17, 15) is 18.0 Å². The van der Waals surface area contributed by atoms with Gasteiger partial charge in [-0.2, -0.15) is 0 Å². The molecule has 1 aliphatic carbocycles. The number of anilines is 2. The molecule has 2 N–H and O–H groups in total. The number of benzene rings is 3. The maximum Gasteiger partial charge on any atom is 0.264 e. The Balaban J connectivity index is 1.62. The van der Waals surface area contributed by atoms with Crippen molar-refractivity contribution in [1.29, 1.82) is 0 Å². The lowest BCUT2D eigenvalue weighted by Gasteiger charge is -2.26. The first-order valence-corrected chi connectivity index (χ1v) is 14.2. The van der Waals surface area contributed by atoms with Crippen LogP contribution in [0.25, 0.3) is 0 Å².